The Morgan fingerprint density at radius 1 is 1.29 bits per heavy atom. The minimum atomic E-state index is -4.87. The summed E-state index contributed by atoms with van der Waals surface area (Å²) in [5.41, 5.74) is -0.438. The molecule has 0 aromatic rings. The zero-order valence-corrected chi connectivity index (χ0v) is 10.4. The van der Waals surface area contributed by atoms with E-state index in [-0.39, 0.29) is 12.5 Å². The zero-order valence-electron chi connectivity index (χ0n) is 10.4. The second-order valence-corrected chi connectivity index (χ2v) is 4.17. The lowest BCUT2D eigenvalue weighted by Gasteiger charge is -2.27. The van der Waals surface area contributed by atoms with Crippen molar-refractivity contribution in [2.75, 3.05) is 6.61 Å². The van der Waals surface area contributed by atoms with Crippen molar-refractivity contribution in [3.05, 3.63) is 12.0 Å². The molecule has 0 aliphatic carbocycles. The fraction of sp³-hybridized carbons (Fsp3) is 0.727. The number of carbonyl (C=O) groups excluding carboxylic acids is 1. The monoisotopic (exact) mass is 253 g/mol. The first kappa shape index (κ1) is 15.8. The van der Waals surface area contributed by atoms with Crippen LogP contribution in [0.2, 0.25) is 0 Å². The van der Waals surface area contributed by atoms with Gasteiger partial charge in [0.05, 0.1) is 12.7 Å². The normalized spacial score (nSPS) is 13.5. The summed E-state index contributed by atoms with van der Waals surface area (Å²) in [5.74, 6) is -2.08. The number of hydrogen-bond donors (Lipinski definition) is 1. The SMILES string of the molecule is CCO/C(=C/C(=O)C(F)(F)F)NC(C)(C)CC. The topological polar surface area (TPSA) is 38.3 Å². The second kappa shape index (κ2) is 5.93. The quantitative estimate of drug-likeness (QED) is 0.584. The Hall–Kier alpha value is -1.20. The third-order valence-corrected chi connectivity index (χ3v) is 2.19. The molecule has 100 valence electrons. The average molecular weight is 253 g/mol. The van der Waals surface area contributed by atoms with Crippen LogP contribution in [0.3, 0.4) is 0 Å². The lowest BCUT2D eigenvalue weighted by molar-refractivity contribution is -0.165. The number of ether oxygens (including phenoxy) is 1. The van der Waals surface area contributed by atoms with Crippen LogP contribution < -0.4 is 5.32 Å². The molecule has 0 amide bonds. The van der Waals surface area contributed by atoms with Crippen LogP contribution in [0.1, 0.15) is 34.1 Å². The molecule has 0 spiro atoms. The molecule has 6 heteroatoms. The van der Waals surface area contributed by atoms with E-state index in [0.29, 0.717) is 12.5 Å². The molecule has 0 bridgehead atoms. The second-order valence-electron chi connectivity index (χ2n) is 4.17. The number of carbonyl (C=O) groups is 1. The molecule has 0 aromatic heterocycles. The number of rotatable bonds is 6. The maximum absolute atomic E-state index is 12.1. The molecular weight excluding hydrogens is 235 g/mol. The van der Waals surface area contributed by atoms with Gasteiger partial charge in [0, 0.05) is 5.54 Å². The minimum absolute atomic E-state index is 0.151. The Kier molecular flexibility index (Phi) is 5.51. The van der Waals surface area contributed by atoms with Crippen LogP contribution in [0.25, 0.3) is 0 Å². The first-order chi connectivity index (χ1) is 7.62. The summed E-state index contributed by atoms with van der Waals surface area (Å²) >= 11 is 0. The van der Waals surface area contributed by atoms with Crippen molar-refractivity contribution in [3.8, 4) is 0 Å². The third kappa shape index (κ3) is 6.19. The summed E-state index contributed by atoms with van der Waals surface area (Å²) < 4.78 is 41.2. The fourth-order valence-electron chi connectivity index (χ4n) is 0.892. The van der Waals surface area contributed by atoms with Gasteiger partial charge in [-0.05, 0) is 27.2 Å². The van der Waals surface area contributed by atoms with Gasteiger partial charge in [-0.1, -0.05) is 6.92 Å². The molecule has 0 rings (SSSR count). The van der Waals surface area contributed by atoms with Crippen LogP contribution in [0.5, 0.6) is 0 Å². The fourth-order valence-corrected chi connectivity index (χ4v) is 0.892. The van der Waals surface area contributed by atoms with Gasteiger partial charge in [0.1, 0.15) is 0 Å². The van der Waals surface area contributed by atoms with Gasteiger partial charge in [0.15, 0.2) is 5.88 Å². The van der Waals surface area contributed by atoms with Crippen molar-refractivity contribution >= 4 is 5.78 Å². The van der Waals surface area contributed by atoms with Gasteiger partial charge in [0.2, 0.25) is 0 Å². The molecule has 3 nitrogen and oxygen atoms in total. The number of nitrogens with one attached hydrogen (secondary N) is 1. The van der Waals surface area contributed by atoms with Crippen molar-refractivity contribution in [1.29, 1.82) is 0 Å². The number of hydrogen-bond acceptors (Lipinski definition) is 3. The standard InChI is InChI=1S/C11H18F3NO2/c1-5-10(3,4)15-9(17-6-2)7-8(16)11(12,13)14/h7,15H,5-6H2,1-4H3/b9-7+. The third-order valence-electron chi connectivity index (χ3n) is 2.19. The van der Waals surface area contributed by atoms with E-state index < -0.39 is 17.5 Å². The summed E-state index contributed by atoms with van der Waals surface area (Å²) in [7, 11) is 0. The molecule has 0 unspecified atom stereocenters. The first-order valence-electron chi connectivity index (χ1n) is 5.36. The Morgan fingerprint density at radius 3 is 2.18 bits per heavy atom. The lowest BCUT2D eigenvalue weighted by Crippen LogP contribution is -2.39. The van der Waals surface area contributed by atoms with E-state index in [9.17, 15) is 18.0 Å². The highest BCUT2D eigenvalue weighted by Crippen LogP contribution is 2.18. The van der Waals surface area contributed by atoms with Crippen molar-refractivity contribution in [2.24, 2.45) is 0 Å². The van der Waals surface area contributed by atoms with Crippen molar-refractivity contribution in [2.45, 2.75) is 45.8 Å². The van der Waals surface area contributed by atoms with E-state index in [4.69, 9.17) is 4.74 Å². The molecule has 0 saturated carbocycles. The predicted molar refractivity (Wildman–Crippen MR) is 58.3 cm³/mol. The number of alkyl halides is 3. The molecule has 0 aliphatic rings. The Morgan fingerprint density at radius 2 is 1.82 bits per heavy atom. The van der Waals surface area contributed by atoms with Crippen molar-refractivity contribution in [1.82, 2.24) is 5.32 Å². The molecule has 0 saturated heterocycles. The molecule has 1 N–H and O–H groups in total. The summed E-state index contributed by atoms with van der Waals surface area (Å²) in [4.78, 5) is 10.8. The van der Waals surface area contributed by atoms with Crippen LogP contribution in [0, 0.1) is 0 Å². The largest absolute Gasteiger partial charge is 0.479 e. The predicted octanol–water partition coefficient (Wildman–Crippen LogP) is 2.77. The molecular formula is C11H18F3NO2. The van der Waals surface area contributed by atoms with E-state index in [0.717, 1.165) is 0 Å². The van der Waals surface area contributed by atoms with E-state index in [1.54, 1.807) is 20.8 Å². The van der Waals surface area contributed by atoms with E-state index >= 15 is 0 Å². The lowest BCUT2D eigenvalue weighted by atomic mass is 10.0. The van der Waals surface area contributed by atoms with Crippen LogP contribution in [-0.4, -0.2) is 24.1 Å². The number of ketones is 1. The van der Waals surface area contributed by atoms with Gasteiger partial charge in [0.25, 0.3) is 5.78 Å². The van der Waals surface area contributed by atoms with Gasteiger partial charge in [-0.2, -0.15) is 13.2 Å². The van der Waals surface area contributed by atoms with Gasteiger partial charge >= 0.3 is 6.18 Å². The van der Waals surface area contributed by atoms with Gasteiger partial charge in [-0.25, -0.2) is 0 Å². The highest BCUT2D eigenvalue weighted by molar-refractivity contribution is 5.94. The summed E-state index contributed by atoms with van der Waals surface area (Å²) in [6, 6.07) is 0. The summed E-state index contributed by atoms with van der Waals surface area (Å²) in [6.45, 7) is 7.30. The van der Waals surface area contributed by atoms with Crippen LogP contribution in [0.4, 0.5) is 13.2 Å². The average Bonchev–Trinajstić information content (AvgIpc) is 2.16. The summed E-state index contributed by atoms with van der Waals surface area (Å²) in [5, 5.41) is 2.76. The molecule has 0 radical (unpaired) electrons. The minimum Gasteiger partial charge on any atom is -0.479 e. The molecule has 0 aromatic carbocycles. The van der Waals surface area contributed by atoms with Gasteiger partial charge < -0.3 is 10.1 Å². The molecule has 0 aliphatic heterocycles. The number of allylic oxidation sites excluding steroid dienone is 1. The van der Waals surface area contributed by atoms with Crippen molar-refractivity contribution in [3.63, 3.8) is 0 Å². The molecule has 17 heavy (non-hydrogen) atoms. The van der Waals surface area contributed by atoms with Crippen molar-refractivity contribution < 1.29 is 22.7 Å². The maximum atomic E-state index is 12.1. The number of halogens is 3. The smallest absolute Gasteiger partial charge is 0.454 e. The van der Waals surface area contributed by atoms with Gasteiger partial charge in [-0.15, -0.1) is 0 Å². The Balaban J connectivity index is 4.86. The Labute approximate surface area is 99.0 Å². The summed E-state index contributed by atoms with van der Waals surface area (Å²) in [6.07, 6.45) is -3.75. The molecule has 0 fully saturated rings. The zero-order chi connectivity index (χ0) is 13.7. The first-order valence-corrected chi connectivity index (χ1v) is 5.36. The van der Waals surface area contributed by atoms with E-state index in [1.807, 2.05) is 6.92 Å². The van der Waals surface area contributed by atoms with Crippen LogP contribution >= 0.6 is 0 Å². The van der Waals surface area contributed by atoms with Crippen LogP contribution in [-0.2, 0) is 9.53 Å². The van der Waals surface area contributed by atoms with Crippen LogP contribution in [0.15, 0.2) is 12.0 Å². The van der Waals surface area contributed by atoms with E-state index in [2.05, 4.69) is 5.32 Å². The Bertz CT molecular complexity index is 296. The van der Waals surface area contributed by atoms with Gasteiger partial charge in [-0.3, -0.25) is 4.79 Å². The molecule has 0 heterocycles. The highest BCUT2D eigenvalue weighted by atomic mass is 19.4. The molecule has 0 atom stereocenters. The maximum Gasteiger partial charge on any atom is 0.454 e. The van der Waals surface area contributed by atoms with E-state index in [1.165, 1.54) is 0 Å². The highest BCUT2D eigenvalue weighted by Gasteiger charge is 2.37.